The van der Waals surface area contributed by atoms with Crippen molar-refractivity contribution in [2.75, 3.05) is 19.7 Å². The summed E-state index contributed by atoms with van der Waals surface area (Å²) < 4.78 is 5.84. The van der Waals surface area contributed by atoms with E-state index in [0.717, 1.165) is 31.2 Å². The predicted octanol–water partition coefficient (Wildman–Crippen LogP) is 5.11. The zero-order valence-corrected chi connectivity index (χ0v) is 15.4. The molecule has 1 amide bonds. The molecule has 128 valence electrons. The Balaban J connectivity index is 2.08. The number of halogens is 2. The van der Waals surface area contributed by atoms with Crippen LogP contribution in [-0.2, 0) is 9.53 Å². The lowest BCUT2D eigenvalue weighted by molar-refractivity contribution is -0.143. The van der Waals surface area contributed by atoms with Gasteiger partial charge in [0.25, 0.3) is 0 Å². The molecule has 0 saturated carbocycles. The van der Waals surface area contributed by atoms with E-state index in [-0.39, 0.29) is 17.9 Å². The van der Waals surface area contributed by atoms with Crippen LogP contribution < -0.4 is 0 Å². The summed E-state index contributed by atoms with van der Waals surface area (Å²) in [5, 5.41) is 1.18. The SMILES string of the molecule is CCCC(CCC)C(=O)N1CCOC(c2cc(Cl)cc(Cl)c2)C1. The van der Waals surface area contributed by atoms with Gasteiger partial charge in [0.15, 0.2) is 0 Å². The number of amides is 1. The molecule has 1 atom stereocenters. The van der Waals surface area contributed by atoms with Crippen molar-refractivity contribution in [3.8, 4) is 0 Å². The number of rotatable bonds is 6. The van der Waals surface area contributed by atoms with E-state index >= 15 is 0 Å². The van der Waals surface area contributed by atoms with Gasteiger partial charge in [-0.2, -0.15) is 0 Å². The normalized spacial score (nSPS) is 18.5. The van der Waals surface area contributed by atoms with Crippen molar-refractivity contribution in [2.24, 2.45) is 5.92 Å². The maximum atomic E-state index is 12.8. The minimum atomic E-state index is -0.159. The van der Waals surface area contributed by atoms with Crippen molar-refractivity contribution in [3.63, 3.8) is 0 Å². The van der Waals surface area contributed by atoms with Gasteiger partial charge in [0.1, 0.15) is 6.10 Å². The first-order chi connectivity index (χ1) is 11.0. The third-order valence-electron chi connectivity index (χ3n) is 4.26. The van der Waals surface area contributed by atoms with Gasteiger partial charge in [-0.25, -0.2) is 0 Å². The van der Waals surface area contributed by atoms with Crippen molar-refractivity contribution in [2.45, 2.75) is 45.6 Å². The fraction of sp³-hybridized carbons (Fsp3) is 0.611. The number of benzene rings is 1. The fourth-order valence-corrected chi connectivity index (χ4v) is 3.70. The van der Waals surface area contributed by atoms with Gasteiger partial charge in [0, 0.05) is 22.5 Å². The Kier molecular flexibility index (Phi) is 7.19. The van der Waals surface area contributed by atoms with Gasteiger partial charge in [-0.3, -0.25) is 4.79 Å². The first kappa shape index (κ1) is 18.6. The first-order valence-corrected chi connectivity index (χ1v) is 9.17. The van der Waals surface area contributed by atoms with Gasteiger partial charge in [-0.05, 0) is 36.6 Å². The van der Waals surface area contributed by atoms with Crippen LogP contribution in [0.4, 0.5) is 0 Å². The van der Waals surface area contributed by atoms with Crippen LogP contribution in [0.15, 0.2) is 18.2 Å². The maximum absolute atomic E-state index is 12.8. The highest BCUT2D eigenvalue weighted by Gasteiger charge is 2.29. The summed E-state index contributed by atoms with van der Waals surface area (Å²) >= 11 is 12.2. The van der Waals surface area contributed by atoms with Gasteiger partial charge >= 0.3 is 0 Å². The zero-order chi connectivity index (χ0) is 16.8. The molecular formula is C18H25Cl2NO2. The summed E-state index contributed by atoms with van der Waals surface area (Å²) in [7, 11) is 0. The number of morpholine rings is 1. The van der Waals surface area contributed by atoms with Crippen LogP contribution in [0.2, 0.25) is 10.0 Å². The van der Waals surface area contributed by atoms with E-state index in [0.29, 0.717) is 29.7 Å². The summed E-state index contributed by atoms with van der Waals surface area (Å²) in [4.78, 5) is 14.8. The average Bonchev–Trinajstić information content (AvgIpc) is 2.53. The molecule has 2 rings (SSSR count). The zero-order valence-electron chi connectivity index (χ0n) is 13.9. The molecule has 0 aliphatic carbocycles. The van der Waals surface area contributed by atoms with Crippen LogP contribution in [0.25, 0.3) is 0 Å². The topological polar surface area (TPSA) is 29.5 Å². The summed E-state index contributed by atoms with van der Waals surface area (Å²) in [6.07, 6.45) is 3.82. The second-order valence-electron chi connectivity index (χ2n) is 6.12. The molecule has 0 spiro atoms. The highest BCUT2D eigenvalue weighted by Crippen LogP contribution is 2.29. The van der Waals surface area contributed by atoms with Gasteiger partial charge in [-0.15, -0.1) is 0 Å². The van der Waals surface area contributed by atoms with E-state index in [9.17, 15) is 4.79 Å². The molecule has 1 fully saturated rings. The lowest BCUT2D eigenvalue weighted by atomic mass is 9.96. The molecule has 3 nitrogen and oxygen atoms in total. The molecule has 1 aliphatic heterocycles. The van der Waals surface area contributed by atoms with E-state index in [1.807, 2.05) is 17.0 Å². The van der Waals surface area contributed by atoms with Crippen LogP contribution >= 0.6 is 23.2 Å². The number of hydrogen-bond acceptors (Lipinski definition) is 2. The van der Waals surface area contributed by atoms with Crippen LogP contribution in [0, 0.1) is 5.92 Å². The Labute approximate surface area is 148 Å². The number of carbonyl (C=O) groups excluding carboxylic acids is 1. The molecule has 1 unspecified atom stereocenters. The lowest BCUT2D eigenvalue weighted by Gasteiger charge is -2.35. The van der Waals surface area contributed by atoms with Gasteiger partial charge < -0.3 is 9.64 Å². The number of carbonyl (C=O) groups is 1. The number of hydrogen-bond donors (Lipinski definition) is 0. The molecule has 0 N–H and O–H groups in total. The third kappa shape index (κ3) is 5.10. The van der Waals surface area contributed by atoms with Crippen molar-refractivity contribution in [1.82, 2.24) is 4.90 Å². The number of nitrogens with zero attached hydrogens (tertiary/aromatic N) is 1. The van der Waals surface area contributed by atoms with Crippen LogP contribution in [-0.4, -0.2) is 30.5 Å². The van der Waals surface area contributed by atoms with Crippen LogP contribution in [0.5, 0.6) is 0 Å². The number of ether oxygens (including phenoxy) is 1. The molecule has 1 saturated heterocycles. The van der Waals surface area contributed by atoms with E-state index in [1.165, 1.54) is 0 Å². The Morgan fingerprint density at radius 1 is 1.22 bits per heavy atom. The highest BCUT2D eigenvalue weighted by molar-refractivity contribution is 6.34. The van der Waals surface area contributed by atoms with Crippen molar-refractivity contribution in [1.29, 1.82) is 0 Å². The average molecular weight is 358 g/mol. The van der Waals surface area contributed by atoms with E-state index in [4.69, 9.17) is 27.9 Å². The summed E-state index contributed by atoms with van der Waals surface area (Å²) in [6, 6.07) is 5.43. The summed E-state index contributed by atoms with van der Waals surface area (Å²) in [5.74, 6) is 0.391. The van der Waals surface area contributed by atoms with Crippen LogP contribution in [0.3, 0.4) is 0 Å². The van der Waals surface area contributed by atoms with E-state index in [2.05, 4.69) is 13.8 Å². The monoisotopic (exact) mass is 357 g/mol. The standard InChI is InChI=1S/C18H25Cl2NO2/c1-3-5-13(6-4-2)18(22)21-7-8-23-17(12-21)14-9-15(19)11-16(20)10-14/h9-11,13,17H,3-8,12H2,1-2H3. The molecule has 1 aromatic rings. The second-order valence-corrected chi connectivity index (χ2v) is 6.99. The predicted molar refractivity (Wildman–Crippen MR) is 95.0 cm³/mol. The van der Waals surface area contributed by atoms with Gasteiger partial charge in [0.2, 0.25) is 5.91 Å². The lowest BCUT2D eigenvalue weighted by Crippen LogP contribution is -2.45. The largest absolute Gasteiger partial charge is 0.370 e. The Bertz CT molecular complexity index is 510. The maximum Gasteiger partial charge on any atom is 0.225 e. The molecule has 5 heteroatoms. The molecule has 0 bridgehead atoms. The minimum absolute atomic E-state index is 0.131. The molecule has 0 aromatic heterocycles. The van der Waals surface area contributed by atoms with Gasteiger partial charge in [0.05, 0.1) is 13.2 Å². The van der Waals surface area contributed by atoms with E-state index < -0.39 is 0 Å². The Hall–Kier alpha value is -0.770. The molecule has 23 heavy (non-hydrogen) atoms. The molecule has 1 heterocycles. The first-order valence-electron chi connectivity index (χ1n) is 8.41. The fourth-order valence-electron chi connectivity index (χ4n) is 3.16. The van der Waals surface area contributed by atoms with Crippen molar-refractivity contribution in [3.05, 3.63) is 33.8 Å². The molecule has 1 aromatic carbocycles. The summed E-state index contributed by atoms with van der Waals surface area (Å²) in [6.45, 7) is 6.04. The van der Waals surface area contributed by atoms with Crippen molar-refractivity contribution >= 4 is 29.1 Å². The highest BCUT2D eigenvalue weighted by atomic mass is 35.5. The van der Waals surface area contributed by atoms with Crippen molar-refractivity contribution < 1.29 is 9.53 Å². The minimum Gasteiger partial charge on any atom is -0.370 e. The molecule has 1 aliphatic rings. The van der Waals surface area contributed by atoms with E-state index in [1.54, 1.807) is 6.07 Å². The van der Waals surface area contributed by atoms with Gasteiger partial charge in [-0.1, -0.05) is 49.9 Å². The molecular weight excluding hydrogens is 333 g/mol. The smallest absolute Gasteiger partial charge is 0.225 e. The van der Waals surface area contributed by atoms with Crippen LogP contribution in [0.1, 0.15) is 51.2 Å². The quantitative estimate of drug-likeness (QED) is 0.707. The summed E-state index contributed by atoms with van der Waals surface area (Å²) in [5.41, 5.74) is 0.933. The third-order valence-corrected chi connectivity index (χ3v) is 4.69. The Morgan fingerprint density at radius 2 is 1.83 bits per heavy atom. The Morgan fingerprint density at radius 3 is 2.39 bits per heavy atom. The molecule has 0 radical (unpaired) electrons. The second kappa shape index (κ2) is 8.91.